The second-order valence-corrected chi connectivity index (χ2v) is 5.62. The molecule has 1 aromatic carbocycles. The van der Waals surface area contributed by atoms with Crippen molar-refractivity contribution >= 4 is 17.5 Å². The van der Waals surface area contributed by atoms with Gasteiger partial charge in [-0.25, -0.2) is 22.0 Å². The molecule has 0 spiro atoms. The molecule has 1 saturated heterocycles. The predicted molar refractivity (Wildman–Crippen MR) is 65.0 cm³/mol. The molecule has 2 rings (SSSR count). The molecule has 8 heteroatoms. The van der Waals surface area contributed by atoms with Crippen LogP contribution >= 0.6 is 11.8 Å². The van der Waals surface area contributed by atoms with Gasteiger partial charge < -0.3 is 4.84 Å². The van der Waals surface area contributed by atoms with Crippen LogP contribution in [0.4, 0.5) is 22.0 Å². The third kappa shape index (κ3) is 2.74. The number of hydrogen-bond acceptors (Lipinski definition) is 3. The van der Waals surface area contributed by atoms with Crippen LogP contribution in [0.2, 0.25) is 0 Å². The van der Waals surface area contributed by atoms with Crippen molar-refractivity contribution in [3.8, 4) is 0 Å². The molecule has 0 N–H and O–H groups in total. The summed E-state index contributed by atoms with van der Waals surface area (Å²) >= 11 is 1.64. The van der Waals surface area contributed by atoms with E-state index in [-0.39, 0.29) is 5.25 Å². The van der Waals surface area contributed by atoms with Crippen LogP contribution < -0.4 is 0 Å². The van der Waals surface area contributed by atoms with E-state index in [2.05, 4.69) is 5.16 Å². The summed E-state index contributed by atoms with van der Waals surface area (Å²) in [4.78, 5) is 4.72. The maximum absolute atomic E-state index is 13.3. The molecule has 1 aromatic rings. The standard InChI is InChI=1S/C12H10F5NOS/c1-5-7(2-3-20-5)18-19-4-6-8(13)10(15)12(17)11(16)9(6)14/h5H,2-4H2,1H3/b18-7-. The highest BCUT2D eigenvalue weighted by Gasteiger charge is 2.26. The third-order valence-corrected chi connectivity index (χ3v) is 4.10. The predicted octanol–water partition coefficient (Wildman–Crippen LogP) is 3.78. The fourth-order valence-corrected chi connectivity index (χ4v) is 2.75. The number of hydrogen-bond donors (Lipinski definition) is 0. The fraction of sp³-hybridized carbons (Fsp3) is 0.417. The molecule has 110 valence electrons. The van der Waals surface area contributed by atoms with E-state index in [1.165, 1.54) is 0 Å². The summed E-state index contributed by atoms with van der Waals surface area (Å²) < 4.78 is 65.3. The van der Waals surface area contributed by atoms with Crippen molar-refractivity contribution in [1.29, 1.82) is 0 Å². The van der Waals surface area contributed by atoms with Crippen LogP contribution in [0.15, 0.2) is 5.16 Å². The van der Waals surface area contributed by atoms with Gasteiger partial charge >= 0.3 is 0 Å². The van der Waals surface area contributed by atoms with E-state index in [1.807, 2.05) is 6.92 Å². The molecule has 2 nitrogen and oxygen atoms in total. The minimum Gasteiger partial charge on any atom is -0.391 e. The van der Waals surface area contributed by atoms with Crippen molar-refractivity contribution in [1.82, 2.24) is 0 Å². The molecule has 1 heterocycles. The summed E-state index contributed by atoms with van der Waals surface area (Å²) in [6.45, 7) is 1.07. The Morgan fingerprint density at radius 2 is 1.60 bits per heavy atom. The van der Waals surface area contributed by atoms with Crippen LogP contribution in [0.5, 0.6) is 0 Å². The second-order valence-electron chi connectivity index (χ2n) is 4.17. The lowest BCUT2D eigenvalue weighted by atomic mass is 10.2. The molecule has 0 radical (unpaired) electrons. The molecule has 0 aliphatic carbocycles. The summed E-state index contributed by atoms with van der Waals surface area (Å²) in [7, 11) is 0. The van der Waals surface area contributed by atoms with Gasteiger partial charge in [0.15, 0.2) is 23.3 Å². The van der Waals surface area contributed by atoms with E-state index in [1.54, 1.807) is 11.8 Å². The maximum atomic E-state index is 13.3. The van der Waals surface area contributed by atoms with Crippen LogP contribution in [-0.4, -0.2) is 16.7 Å². The zero-order chi connectivity index (χ0) is 14.9. The van der Waals surface area contributed by atoms with Crippen molar-refractivity contribution in [2.45, 2.75) is 25.2 Å². The second kappa shape index (κ2) is 5.99. The van der Waals surface area contributed by atoms with Gasteiger partial charge in [-0.05, 0) is 19.1 Å². The lowest BCUT2D eigenvalue weighted by molar-refractivity contribution is 0.122. The lowest BCUT2D eigenvalue weighted by Gasteiger charge is -2.08. The van der Waals surface area contributed by atoms with Gasteiger partial charge in [-0.1, -0.05) is 5.16 Å². The Morgan fingerprint density at radius 1 is 1.05 bits per heavy atom. The fourth-order valence-electron chi connectivity index (χ4n) is 1.72. The first-order chi connectivity index (χ1) is 9.43. The van der Waals surface area contributed by atoms with Gasteiger partial charge in [0.1, 0.15) is 6.61 Å². The van der Waals surface area contributed by atoms with E-state index >= 15 is 0 Å². The van der Waals surface area contributed by atoms with Crippen molar-refractivity contribution in [2.24, 2.45) is 5.16 Å². The first kappa shape index (κ1) is 15.1. The topological polar surface area (TPSA) is 21.6 Å². The number of thioether (sulfide) groups is 1. The number of benzene rings is 1. The van der Waals surface area contributed by atoms with Crippen LogP contribution in [0, 0.1) is 29.1 Å². The van der Waals surface area contributed by atoms with Crippen LogP contribution in [0.25, 0.3) is 0 Å². The Bertz CT molecular complexity index is 534. The average Bonchev–Trinajstić information content (AvgIpc) is 2.84. The van der Waals surface area contributed by atoms with Gasteiger partial charge in [0.2, 0.25) is 5.82 Å². The Labute approximate surface area is 116 Å². The van der Waals surface area contributed by atoms with Gasteiger partial charge in [-0.3, -0.25) is 0 Å². The zero-order valence-corrected chi connectivity index (χ0v) is 11.2. The van der Waals surface area contributed by atoms with E-state index in [0.717, 1.165) is 5.75 Å². The van der Waals surface area contributed by atoms with E-state index in [9.17, 15) is 22.0 Å². The van der Waals surface area contributed by atoms with Crippen molar-refractivity contribution < 1.29 is 26.8 Å². The number of oxime groups is 1. The van der Waals surface area contributed by atoms with Gasteiger partial charge in [0, 0.05) is 5.25 Å². The average molecular weight is 311 g/mol. The van der Waals surface area contributed by atoms with Gasteiger partial charge in [-0.15, -0.1) is 0 Å². The smallest absolute Gasteiger partial charge is 0.200 e. The Balaban J connectivity index is 2.18. The molecule has 1 aliphatic rings. The molecular weight excluding hydrogens is 301 g/mol. The number of rotatable bonds is 3. The van der Waals surface area contributed by atoms with E-state index < -0.39 is 41.3 Å². The van der Waals surface area contributed by atoms with Crippen LogP contribution in [-0.2, 0) is 11.4 Å². The Kier molecular flexibility index (Phi) is 4.52. The Hall–Kier alpha value is -1.31. The molecular formula is C12H10F5NOS. The molecule has 20 heavy (non-hydrogen) atoms. The highest BCUT2D eigenvalue weighted by atomic mass is 32.2. The summed E-state index contributed by atoms with van der Waals surface area (Å²) in [5.74, 6) is -9.09. The summed E-state index contributed by atoms with van der Waals surface area (Å²) in [5, 5.41) is 3.80. The minimum atomic E-state index is -2.18. The van der Waals surface area contributed by atoms with Crippen LogP contribution in [0.3, 0.4) is 0 Å². The quantitative estimate of drug-likeness (QED) is 0.367. The highest BCUT2D eigenvalue weighted by Crippen LogP contribution is 2.25. The van der Waals surface area contributed by atoms with E-state index in [0.29, 0.717) is 12.1 Å². The first-order valence-corrected chi connectivity index (χ1v) is 6.79. The van der Waals surface area contributed by atoms with Crippen molar-refractivity contribution in [2.75, 3.05) is 5.75 Å². The van der Waals surface area contributed by atoms with Crippen molar-refractivity contribution in [3.05, 3.63) is 34.6 Å². The summed E-state index contributed by atoms with van der Waals surface area (Å²) in [6, 6.07) is 0. The largest absolute Gasteiger partial charge is 0.391 e. The summed E-state index contributed by atoms with van der Waals surface area (Å²) in [5.41, 5.74) is -0.331. The minimum absolute atomic E-state index is 0.117. The molecule has 0 amide bonds. The molecule has 0 aromatic heterocycles. The van der Waals surface area contributed by atoms with Crippen molar-refractivity contribution in [3.63, 3.8) is 0 Å². The monoisotopic (exact) mass is 311 g/mol. The highest BCUT2D eigenvalue weighted by molar-refractivity contribution is 8.01. The molecule has 0 bridgehead atoms. The third-order valence-electron chi connectivity index (χ3n) is 2.89. The molecule has 1 atom stereocenters. The van der Waals surface area contributed by atoms with Gasteiger partial charge in [0.25, 0.3) is 0 Å². The number of nitrogens with zero attached hydrogens (tertiary/aromatic N) is 1. The SMILES string of the molecule is CC1SCC/C1=N/OCc1c(F)c(F)c(F)c(F)c1F. The lowest BCUT2D eigenvalue weighted by Crippen LogP contribution is -2.09. The Morgan fingerprint density at radius 3 is 2.10 bits per heavy atom. The number of halogens is 5. The molecule has 0 saturated carbocycles. The van der Waals surface area contributed by atoms with Gasteiger partial charge in [0.05, 0.1) is 11.3 Å². The molecule has 1 fully saturated rings. The van der Waals surface area contributed by atoms with Crippen LogP contribution in [0.1, 0.15) is 18.9 Å². The first-order valence-electron chi connectivity index (χ1n) is 5.74. The normalized spacial score (nSPS) is 20.7. The van der Waals surface area contributed by atoms with E-state index in [4.69, 9.17) is 4.84 Å². The molecule has 1 unspecified atom stereocenters. The zero-order valence-electron chi connectivity index (χ0n) is 10.4. The molecule has 1 aliphatic heterocycles. The summed E-state index contributed by atoms with van der Waals surface area (Å²) in [6.07, 6.45) is 0.670. The van der Waals surface area contributed by atoms with Gasteiger partial charge in [-0.2, -0.15) is 11.8 Å². The maximum Gasteiger partial charge on any atom is 0.200 e.